The van der Waals surface area contributed by atoms with Gasteiger partial charge in [0.05, 0.1) is 31.1 Å². The average Bonchev–Trinajstić information content (AvgIpc) is 3.61. The first-order valence-corrected chi connectivity index (χ1v) is 18.8. The molecule has 15 heteroatoms. The summed E-state index contributed by atoms with van der Waals surface area (Å²) in [6, 6.07) is 27.2. The summed E-state index contributed by atoms with van der Waals surface area (Å²) in [5, 5.41) is 0. The van der Waals surface area contributed by atoms with Crippen molar-refractivity contribution in [1.29, 1.82) is 0 Å². The Kier molecular flexibility index (Phi) is 9.99. The van der Waals surface area contributed by atoms with Crippen molar-refractivity contribution < 1.29 is 22.1 Å². The number of hydrogen-bond acceptors (Lipinski definition) is 12. The third kappa shape index (κ3) is 6.72. The molecule has 1 fully saturated rings. The fourth-order valence-electron chi connectivity index (χ4n) is 6.65. The number of nitrogens with zero attached hydrogens (tertiary/aromatic N) is 2. The lowest BCUT2D eigenvalue weighted by molar-refractivity contribution is -0.0397. The molecule has 5 N–H and O–H groups in total. The van der Waals surface area contributed by atoms with E-state index in [9.17, 15) is 18.0 Å². The van der Waals surface area contributed by atoms with Gasteiger partial charge in [-0.2, -0.15) is 13.4 Å². The van der Waals surface area contributed by atoms with E-state index in [4.69, 9.17) is 24.4 Å². The summed E-state index contributed by atoms with van der Waals surface area (Å²) >= 11 is 0.705. The molecule has 2 aromatic heterocycles. The lowest BCUT2D eigenvalue weighted by atomic mass is 9.77. The molecule has 50 heavy (non-hydrogen) atoms. The van der Waals surface area contributed by atoms with Crippen LogP contribution in [0.1, 0.15) is 56.0 Å². The highest BCUT2D eigenvalue weighted by atomic mass is 32.2. The monoisotopic (exact) mass is 720 g/mol. The summed E-state index contributed by atoms with van der Waals surface area (Å²) in [6.45, 7) is 3.52. The minimum atomic E-state index is -3.90. The first-order valence-electron chi connectivity index (χ1n) is 16.2. The number of rotatable bonds is 13. The Balaban J connectivity index is 1.46. The summed E-state index contributed by atoms with van der Waals surface area (Å²) in [7, 11) is -2.29. The number of methoxy groups -OCH3 is 1. The minimum absolute atomic E-state index is 0.0185. The molecule has 0 aliphatic carbocycles. The van der Waals surface area contributed by atoms with Crippen LogP contribution in [0.4, 0.5) is 5.95 Å². The van der Waals surface area contributed by atoms with Crippen LogP contribution in [0.5, 0.6) is 5.75 Å². The van der Waals surface area contributed by atoms with Crippen molar-refractivity contribution in [2.75, 3.05) is 18.8 Å². The Morgan fingerprint density at radius 3 is 2.22 bits per heavy atom. The second-order valence-corrected chi connectivity index (χ2v) is 15.0. The van der Waals surface area contributed by atoms with Crippen molar-refractivity contribution >= 4 is 37.8 Å². The maximum atomic E-state index is 13.6. The van der Waals surface area contributed by atoms with Crippen molar-refractivity contribution in [3.8, 4) is 5.75 Å². The van der Waals surface area contributed by atoms with Gasteiger partial charge < -0.3 is 15.2 Å². The van der Waals surface area contributed by atoms with Crippen LogP contribution < -0.4 is 31.8 Å². The van der Waals surface area contributed by atoms with Gasteiger partial charge in [-0.1, -0.05) is 97.5 Å². The fourth-order valence-corrected chi connectivity index (χ4v) is 8.18. The van der Waals surface area contributed by atoms with E-state index in [-0.39, 0.29) is 28.8 Å². The number of ether oxygens (including phenoxy) is 2. The summed E-state index contributed by atoms with van der Waals surface area (Å²) in [5.74, 6) is 0.705. The van der Waals surface area contributed by atoms with E-state index in [0.717, 1.165) is 29.4 Å². The maximum Gasteiger partial charge on any atom is 0.311 e. The van der Waals surface area contributed by atoms with Crippen LogP contribution in [0.25, 0.3) is 10.3 Å². The number of fused-ring (bicyclic) bond motifs is 1. The van der Waals surface area contributed by atoms with Crippen LogP contribution >= 0.6 is 11.3 Å². The second kappa shape index (κ2) is 14.1. The molecule has 3 aromatic carbocycles. The van der Waals surface area contributed by atoms with Gasteiger partial charge in [0.2, 0.25) is 5.95 Å². The lowest BCUT2D eigenvalue weighted by Gasteiger charge is -2.37. The highest BCUT2D eigenvalue weighted by Gasteiger charge is 2.53. The van der Waals surface area contributed by atoms with Gasteiger partial charge in [0.15, 0.2) is 11.9 Å². The van der Waals surface area contributed by atoms with E-state index in [1.807, 2.05) is 91.9 Å². The first-order chi connectivity index (χ1) is 23.9. The summed E-state index contributed by atoms with van der Waals surface area (Å²) < 4.78 is 42.7. The normalized spacial score (nSPS) is 20.2. The predicted molar refractivity (Wildman–Crippen MR) is 193 cm³/mol. The molecule has 1 unspecified atom stereocenters. The summed E-state index contributed by atoms with van der Waals surface area (Å²) in [4.78, 5) is 34.1. The number of benzene rings is 3. The Labute approximate surface area is 293 Å². The molecule has 264 valence electrons. The smallest absolute Gasteiger partial charge is 0.311 e. The molecular weight excluding hydrogens is 681 g/mol. The molecule has 0 radical (unpaired) electrons. The van der Waals surface area contributed by atoms with Gasteiger partial charge in [0.25, 0.3) is 15.7 Å². The van der Waals surface area contributed by atoms with Gasteiger partial charge in [-0.05, 0) is 48.6 Å². The van der Waals surface area contributed by atoms with Gasteiger partial charge in [-0.3, -0.25) is 28.7 Å². The standard InChI is InChI=1S/C35H40N6O7S2/c1-5-12-27-21-34(36,22(2)48-50(4,44)45)31(47-27)41-29-28(49-33(41)43)30(42)38-32(37-29)39-40-35(23-13-8-6-9-14-23,24-15-10-7-11-16-24)25-17-19-26(46-3)20-18-25/h6-11,13-20,22,27,31,40H,5,12,21,36H2,1-4H3,(H2,37,38,39,42)/t22-,27?,31+,34+/m0/s1. The topological polar surface area (TPSA) is 180 Å². The van der Waals surface area contributed by atoms with E-state index < -0.39 is 44.0 Å². The molecule has 5 aromatic rings. The molecular formula is C35H40N6O7S2. The van der Waals surface area contributed by atoms with Crippen LogP contribution in [-0.2, 0) is 24.6 Å². The Morgan fingerprint density at radius 2 is 1.66 bits per heavy atom. The number of aromatic amines is 1. The molecule has 6 rings (SSSR count). The molecule has 1 aliphatic rings. The van der Waals surface area contributed by atoms with Crippen molar-refractivity contribution in [3.63, 3.8) is 0 Å². The van der Waals surface area contributed by atoms with Crippen LogP contribution in [0.2, 0.25) is 0 Å². The highest BCUT2D eigenvalue weighted by Crippen LogP contribution is 2.42. The molecule has 0 bridgehead atoms. The molecule has 3 heterocycles. The number of H-pyrrole nitrogens is 1. The van der Waals surface area contributed by atoms with Gasteiger partial charge in [0, 0.05) is 0 Å². The van der Waals surface area contributed by atoms with E-state index in [1.165, 1.54) is 11.5 Å². The number of aromatic nitrogens is 3. The molecule has 1 aliphatic heterocycles. The summed E-state index contributed by atoms with van der Waals surface area (Å²) in [5.41, 5.74) is 13.2. The average molecular weight is 721 g/mol. The van der Waals surface area contributed by atoms with Gasteiger partial charge in [0.1, 0.15) is 16.0 Å². The lowest BCUT2D eigenvalue weighted by Crippen LogP contribution is -2.56. The third-order valence-electron chi connectivity index (χ3n) is 9.06. The number of hydrogen-bond donors (Lipinski definition) is 4. The largest absolute Gasteiger partial charge is 0.497 e. The molecule has 0 amide bonds. The van der Waals surface area contributed by atoms with Gasteiger partial charge in [-0.25, -0.2) is 5.43 Å². The molecule has 1 saturated heterocycles. The van der Waals surface area contributed by atoms with Gasteiger partial charge in [-0.15, -0.1) is 0 Å². The number of nitrogens with two attached hydrogens (primary N) is 1. The van der Waals surface area contributed by atoms with Crippen molar-refractivity contribution in [1.82, 2.24) is 20.0 Å². The zero-order valence-corrected chi connectivity index (χ0v) is 29.7. The van der Waals surface area contributed by atoms with Crippen LogP contribution in [-0.4, -0.2) is 54.1 Å². The Hall–Kier alpha value is -4.38. The molecule has 4 atom stereocenters. The van der Waals surface area contributed by atoms with E-state index in [0.29, 0.717) is 23.5 Å². The van der Waals surface area contributed by atoms with Gasteiger partial charge >= 0.3 is 4.87 Å². The third-order valence-corrected chi connectivity index (χ3v) is 10.6. The number of anilines is 1. The second-order valence-electron chi connectivity index (χ2n) is 12.4. The quantitative estimate of drug-likeness (QED) is 0.0778. The van der Waals surface area contributed by atoms with E-state index in [2.05, 4.69) is 15.8 Å². The fraction of sp³-hybridized carbons (Fsp3) is 0.343. The van der Waals surface area contributed by atoms with Crippen molar-refractivity contribution in [2.45, 2.75) is 62.6 Å². The van der Waals surface area contributed by atoms with Crippen LogP contribution in [0.3, 0.4) is 0 Å². The number of thiazole rings is 1. The zero-order valence-electron chi connectivity index (χ0n) is 28.1. The highest BCUT2D eigenvalue weighted by molar-refractivity contribution is 7.86. The summed E-state index contributed by atoms with van der Waals surface area (Å²) in [6.07, 6.45) is -0.0602. The zero-order chi connectivity index (χ0) is 35.7. The predicted octanol–water partition coefficient (Wildman–Crippen LogP) is 4.21. The van der Waals surface area contributed by atoms with Crippen molar-refractivity contribution in [2.24, 2.45) is 5.73 Å². The minimum Gasteiger partial charge on any atom is -0.497 e. The molecule has 13 nitrogen and oxygen atoms in total. The Morgan fingerprint density at radius 1 is 1.06 bits per heavy atom. The maximum absolute atomic E-state index is 13.6. The molecule has 0 saturated carbocycles. The number of nitrogens with one attached hydrogen (secondary N) is 3. The van der Waals surface area contributed by atoms with E-state index >= 15 is 0 Å². The SMILES string of the molecule is CCCC1C[C@@](N)([C@H](C)OS(C)(=O)=O)[C@H](n2c(=O)sc3c(=O)[nH]c(NNC(c4ccccc4)(c4ccccc4)c4ccc(OC)cc4)nc32)O1. The molecule has 0 spiro atoms. The van der Waals surface area contributed by atoms with Crippen LogP contribution in [0.15, 0.2) is 94.5 Å². The van der Waals surface area contributed by atoms with Crippen LogP contribution in [0, 0.1) is 0 Å². The number of hydrazine groups is 1. The van der Waals surface area contributed by atoms with E-state index in [1.54, 1.807) is 7.11 Å². The Bertz CT molecular complexity index is 2130. The first kappa shape index (κ1) is 35.4. The van der Waals surface area contributed by atoms with Crippen molar-refractivity contribution in [3.05, 3.63) is 122 Å².